The number of aromatic nitrogens is 5. The molecule has 5 aromatic rings. The first kappa shape index (κ1) is 23.6. The summed E-state index contributed by atoms with van der Waals surface area (Å²) in [5.41, 5.74) is 4.01. The number of rotatable bonds is 6. The molecule has 3 aromatic heterocycles. The van der Waals surface area contributed by atoms with Crippen molar-refractivity contribution in [2.45, 2.75) is 25.3 Å². The van der Waals surface area contributed by atoms with Crippen LogP contribution in [0, 0.1) is 5.82 Å². The number of H-pyrrole nitrogens is 1. The van der Waals surface area contributed by atoms with E-state index in [1.165, 1.54) is 22.1 Å². The van der Waals surface area contributed by atoms with Crippen LogP contribution in [0.25, 0.3) is 21.9 Å². The summed E-state index contributed by atoms with van der Waals surface area (Å²) in [6.45, 7) is 5.59. The molecule has 1 amide bonds. The van der Waals surface area contributed by atoms with Gasteiger partial charge in [0.15, 0.2) is 0 Å². The van der Waals surface area contributed by atoms with Gasteiger partial charge in [-0.15, -0.1) is 0 Å². The molecule has 6 rings (SSSR count). The van der Waals surface area contributed by atoms with E-state index in [0.717, 1.165) is 57.9 Å². The molecule has 1 radical (unpaired) electrons. The summed E-state index contributed by atoms with van der Waals surface area (Å²) in [6.07, 6.45) is 8.79. The van der Waals surface area contributed by atoms with E-state index in [2.05, 4.69) is 46.0 Å². The third kappa shape index (κ3) is 4.69. The van der Waals surface area contributed by atoms with Crippen molar-refractivity contribution in [1.29, 1.82) is 0 Å². The van der Waals surface area contributed by atoms with E-state index in [0.29, 0.717) is 12.5 Å². The summed E-state index contributed by atoms with van der Waals surface area (Å²) in [6, 6.07) is 13.0. The number of piperidine rings is 1. The van der Waals surface area contributed by atoms with Gasteiger partial charge >= 0.3 is 220 Å². The molecule has 0 spiro atoms. The minimum atomic E-state index is -0.382. The number of hydrogen-bond donors (Lipinski definition) is 1. The molecule has 0 aliphatic carbocycles. The average molecular weight is 555 g/mol. The van der Waals surface area contributed by atoms with E-state index in [9.17, 15) is 9.18 Å². The Morgan fingerprint density at radius 2 is 2.05 bits per heavy atom. The van der Waals surface area contributed by atoms with Gasteiger partial charge in [0.1, 0.15) is 0 Å². The van der Waals surface area contributed by atoms with Gasteiger partial charge in [0.25, 0.3) is 0 Å². The fraction of sp³-hybridized carbons (Fsp3) is 0.214. The maximum atomic E-state index is 13.6. The van der Waals surface area contributed by atoms with E-state index in [-0.39, 0.29) is 27.5 Å². The van der Waals surface area contributed by atoms with E-state index < -0.39 is 0 Å². The van der Waals surface area contributed by atoms with Crippen molar-refractivity contribution in [2.24, 2.45) is 0 Å². The Kier molecular flexibility index (Phi) is 6.35. The normalized spacial score (nSPS) is 14.8. The second kappa shape index (κ2) is 9.94. The zero-order valence-corrected chi connectivity index (χ0v) is 22.0. The SMILES string of the molecule is C=CC(=O)N1CCC(c2c[nH]c3ncnc([As]c4ccc5c(cnn5Cc5cccc(F)c5)c4)c23)CC1. The molecule has 7 nitrogen and oxygen atoms in total. The molecule has 4 heterocycles. The molecule has 2 aromatic carbocycles. The molecule has 0 bridgehead atoms. The van der Waals surface area contributed by atoms with E-state index in [4.69, 9.17) is 4.98 Å². The number of carbonyl (C=O) groups is 1. The monoisotopic (exact) mass is 555 g/mol. The zero-order valence-electron chi connectivity index (χ0n) is 20.1. The third-order valence-corrected chi connectivity index (χ3v) is 9.26. The third-order valence-electron chi connectivity index (χ3n) is 6.98. The molecule has 0 atom stereocenters. The number of nitrogens with zero attached hydrogens (tertiary/aromatic N) is 5. The van der Waals surface area contributed by atoms with Gasteiger partial charge < -0.3 is 0 Å². The van der Waals surface area contributed by atoms with Crippen LogP contribution in [0.1, 0.15) is 29.9 Å². The predicted octanol–water partition coefficient (Wildman–Crippen LogP) is 3.04. The van der Waals surface area contributed by atoms with Crippen LogP contribution in [0.5, 0.6) is 0 Å². The van der Waals surface area contributed by atoms with Gasteiger partial charge in [-0.3, -0.25) is 0 Å². The number of carbonyl (C=O) groups excluding carboxylic acids is 1. The quantitative estimate of drug-likeness (QED) is 0.258. The standard InChI is InChI=1S/C28H25AsFN6O/c1-2-25(37)35-10-8-19(9-11-35)23-15-31-28-26(23)27(32-17-33-28)29-21-6-7-24-20(13-21)14-34-36(24)16-18-4-3-5-22(30)12-18/h2-7,12-15,17,19H,1,8-11,16H2,(H,31,32,33). The number of halogens is 1. The molecule has 1 fully saturated rings. The van der Waals surface area contributed by atoms with Crippen molar-refractivity contribution in [3.63, 3.8) is 0 Å². The van der Waals surface area contributed by atoms with Crippen LogP contribution in [-0.4, -0.2) is 64.4 Å². The van der Waals surface area contributed by atoms with Crippen LogP contribution in [0.3, 0.4) is 0 Å². The van der Waals surface area contributed by atoms with Crippen LogP contribution in [0.4, 0.5) is 4.39 Å². The van der Waals surface area contributed by atoms with Crippen molar-refractivity contribution in [2.75, 3.05) is 13.1 Å². The first-order chi connectivity index (χ1) is 18.1. The molecule has 0 saturated carbocycles. The van der Waals surface area contributed by atoms with E-state index in [1.54, 1.807) is 18.5 Å². The first-order valence-electron chi connectivity index (χ1n) is 12.2. The van der Waals surface area contributed by atoms with Crippen molar-refractivity contribution in [1.82, 2.24) is 29.6 Å². The summed E-state index contributed by atoms with van der Waals surface area (Å²) >= 11 is -0.382. The zero-order chi connectivity index (χ0) is 25.4. The number of aromatic amines is 1. The van der Waals surface area contributed by atoms with Gasteiger partial charge in [-0.05, 0) is 0 Å². The summed E-state index contributed by atoms with van der Waals surface area (Å²) in [5, 5.41) is 6.73. The second-order valence-electron chi connectivity index (χ2n) is 9.26. The van der Waals surface area contributed by atoms with Crippen molar-refractivity contribution in [3.05, 3.63) is 90.8 Å². The number of nitrogens with one attached hydrogen (secondary N) is 1. The molecular weight excluding hydrogens is 530 g/mol. The van der Waals surface area contributed by atoms with Crippen molar-refractivity contribution < 1.29 is 9.18 Å². The molecule has 37 heavy (non-hydrogen) atoms. The fourth-order valence-electron chi connectivity index (χ4n) is 5.12. The van der Waals surface area contributed by atoms with Crippen molar-refractivity contribution >= 4 is 52.4 Å². The fourth-order valence-corrected chi connectivity index (χ4v) is 7.33. The van der Waals surface area contributed by atoms with E-state index >= 15 is 0 Å². The average Bonchev–Trinajstić information content (AvgIpc) is 3.53. The van der Waals surface area contributed by atoms with Crippen LogP contribution < -0.4 is 8.83 Å². The van der Waals surface area contributed by atoms with Crippen molar-refractivity contribution in [3.8, 4) is 0 Å². The second-order valence-corrected chi connectivity index (χ2v) is 11.7. The Balaban J connectivity index is 1.25. The van der Waals surface area contributed by atoms with Crippen LogP contribution in [0.15, 0.2) is 73.8 Å². The molecule has 1 aliphatic heterocycles. The summed E-state index contributed by atoms with van der Waals surface area (Å²) in [7, 11) is 0. The Bertz CT molecular complexity index is 1620. The van der Waals surface area contributed by atoms with Crippen LogP contribution >= 0.6 is 0 Å². The summed E-state index contributed by atoms with van der Waals surface area (Å²) < 4.78 is 17.8. The molecular formula is C28H25AsFN6O. The van der Waals surface area contributed by atoms with Gasteiger partial charge in [0, 0.05) is 0 Å². The molecule has 1 N–H and O–H groups in total. The van der Waals surface area contributed by atoms with Gasteiger partial charge in [-0.1, -0.05) is 0 Å². The number of likely N-dealkylation sites (tertiary alicyclic amines) is 1. The van der Waals surface area contributed by atoms with Crippen LogP contribution in [0.2, 0.25) is 0 Å². The number of amides is 1. The Hall–Kier alpha value is -3.77. The van der Waals surface area contributed by atoms with Gasteiger partial charge in [0.05, 0.1) is 0 Å². The van der Waals surface area contributed by atoms with Gasteiger partial charge in [0.2, 0.25) is 0 Å². The predicted molar refractivity (Wildman–Crippen MR) is 143 cm³/mol. The molecule has 9 heteroatoms. The Morgan fingerprint density at radius 3 is 2.86 bits per heavy atom. The number of benzene rings is 2. The summed E-state index contributed by atoms with van der Waals surface area (Å²) in [4.78, 5) is 26.4. The maximum absolute atomic E-state index is 13.6. The Morgan fingerprint density at radius 1 is 1.19 bits per heavy atom. The topological polar surface area (TPSA) is 79.7 Å². The number of hydrogen-bond acceptors (Lipinski definition) is 4. The molecule has 1 aliphatic rings. The van der Waals surface area contributed by atoms with Crippen LogP contribution in [-0.2, 0) is 11.3 Å². The number of fused-ring (bicyclic) bond motifs is 2. The van der Waals surface area contributed by atoms with Gasteiger partial charge in [-0.2, -0.15) is 0 Å². The first-order valence-corrected chi connectivity index (χ1v) is 14.1. The Labute approximate surface area is 220 Å². The molecule has 185 valence electrons. The minimum absolute atomic E-state index is 0.000968. The summed E-state index contributed by atoms with van der Waals surface area (Å²) in [5.74, 6) is 0.120. The molecule has 1 saturated heterocycles. The van der Waals surface area contributed by atoms with E-state index in [1.807, 2.05) is 21.8 Å². The molecule has 0 unspecified atom stereocenters. The van der Waals surface area contributed by atoms with Gasteiger partial charge in [-0.25, -0.2) is 0 Å².